The monoisotopic (exact) mass is 300 g/mol. The molecule has 0 aromatic carbocycles. The lowest BCUT2D eigenvalue weighted by molar-refractivity contribution is -0.115. The summed E-state index contributed by atoms with van der Waals surface area (Å²) in [7, 11) is 0. The van der Waals surface area contributed by atoms with Gasteiger partial charge in [0, 0.05) is 12.8 Å². The average molecular weight is 300 g/mol. The Kier molecular flexibility index (Phi) is 4.89. The van der Waals surface area contributed by atoms with Gasteiger partial charge >= 0.3 is 0 Å². The number of carbonyl (C=O) groups excluding carboxylic acids is 2. The molecule has 0 radical (unpaired) electrons. The maximum absolute atomic E-state index is 12.2. The van der Waals surface area contributed by atoms with Gasteiger partial charge in [0.25, 0.3) is 0 Å². The van der Waals surface area contributed by atoms with E-state index in [9.17, 15) is 9.59 Å². The number of carbonyl (C=O) groups is 2. The van der Waals surface area contributed by atoms with Crippen LogP contribution in [0.2, 0.25) is 0 Å². The van der Waals surface area contributed by atoms with Crippen LogP contribution in [0.5, 0.6) is 0 Å². The van der Waals surface area contributed by atoms with Crippen LogP contribution in [0.4, 0.5) is 0 Å². The molecular formula is C20H28O2. The van der Waals surface area contributed by atoms with Gasteiger partial charge in [-0.3, -0.25) is 9.59 Å². The zero-order valence-corrected chi connectivity index (χ0v) is 14.5. The number of Topliss-reactive ketones (excluding diaryl/α,β-unsaturated/α-hetero) is 1. The molecular weight excluding hydrogens is 272 g/mol. The molecule has 0 spiro atoms. The van der Waals surface area contributed by atoms with Gasteiger partial charge in [0.2, 0.25) is 0 Å². The Bertz CT molecular complexity index is 573. The maximum atomic E-state index is 12.2. The number of ketones is 2. The lowest BCUT2D eigenvalue weighted by atomic mass is 10.0. The van der Waals surface area contributed by atoms with Crippen molar-refractivity contribution in [2.24, 2.45) is 17.3 Å². The van der Waals surface area contributed by atoms with Crippen LogP contribution in [0.25, 0.3) is 0 Å². The smallest absolute Gasteiger partial charge is 0.162 e. The fourth-order valence-corrected chi connectivity index (χ4v) is 3.59. The molecule has 2 aliphatic rings. The molecule has 0 saturated heterocycles. The minimum Gasteiger partial charge on any atom is -0.295 e. The molecule has 0 amide bonds. The van der Waals surface area contributed by atoms with E-state index in [2.05, 4.69) is 26.8 Å². The van der Waals surface area contributed by atoms with E-state index in [4.69, 9.17) is 0 Å². The third kappa shape index (κ3) is 3.85. The molecule has 2 nitrogen and oxygen atoms in total. The number of allylic oxidation sites excluding steroid dienone is 6. The number of rotatable bonds is 0. The molecule has 1 saturated carbocycles. The van der Waals surface area contributed by atoms with Crippen molar-refractivity contribution >= 4 is 11.6 Å². The molecule has 22 heavy (non-hydrogen) atoms. The molecule has 0 bridgehead atoms. The molecule has 2 atom stereocenters. The van der Waals surface area contributed by atoms with Gasteiger partial charge in [-0.2, -0.15) is 0 Å². The van der Waals surface area contributed by atoms with Gasteiger partial charge in [-0.15, -0.1) is 0 Å². The summed E-state index contributed by atoms with van der Waals surface area (Å²) in [6.45, 7) is 10.5. The van der Waals surface area contributed by atoms with Crippen LogP contribution >= 0.6 is 0 Å². The predicted molar refractivity (Wildman–Crippen MR) is 90.5 cm³/mol. The van der Waals surface area contributed by atoms with E-state index < -0.39 is 0 Å². The van der Waals surface area contributed by atoms with E-state index in [1.54, 1.807) is 6.08 Å². The number of fused-ring (bicyclic) bond motifs is 1. The Hall–Kier alpha value is -1.44. The summed E-state index contributed by atoms with van der Waals surface area (Å²) in [5, 5.41) is 0. The zero-order chi connectivity index (χ0) is 16.5. The molecule has 2 aliphatic carbocycles. The first-order valence-corrected chi connectivity index (χ1v) is 8.29. The first kappa shape index (κ1) is 16.9. The second-order valence-electron chi connectivity index (χ2n) is 7.65. The molecule has 2 heteroatoms. The van der Waals surface area contributed by atoms with Gasteiger partial charge in [-0.05, 0) is 62.5 Å². The van der Waals surface area contributed by atoms with Crippen molar-refractivity contribution in [3.63, 3.8) is 0 Å². The second-order valence-corrected chi connectivity index (χ2v) is 7.65. The number of hydrogen-bond donors (Lipinski definition) is 0. The fraction of sp³-hybridized carbons (Fsp3) is 0.600. The van der Waals surface area contributed by atoms with Gasteiger partial charge in [0.15, 0.2) is 11.6 Å². The first-order valence-electron chi connectivity index (χ1n) is 8.29. The van der Waals surface area contributed by atoms with Gasteiger partial charge in [0.05, 0.1) is 0 Å². The van der Waals surface area contributed by atoms with Crippen molar-refractivity contribution in [1.29, 1.82) is 0 Å². The first-order chi connectivity index (χ1) is 10.2. The third-order valence-corrected chi connectivity index (χ3v) is 5.35. The van der Waals surface area contributed by atoms with Crippen LogP contribution in [-0.2, 0) is 9.59 Å². The van der Waals surface area contributed by atoms with E-state index in [1.165, 1.54) is 5.57 Å². The Balaban J connectivity index is 2.25. The van der Waals surface area contributed by atoms with Crippen molar-refractivity contribution in [1.82, 2.24) is 0 Å². The molecule has 120 valence electrons. The third-order valence-electron chi connectivity index (χ3n) is 5.35. The molecule has 0 unspecified atom stereocenters. The Morgan fingerprint density at radius 2 is 1.77 bits per heavy atom. The van der Waals surface area contributed by atoms with Crippen molar-refractivity contribution < 1.29 is 9.59 Å². The van der Waals surface area contributed by atoms with Gasteiger partial charge in [-0.1, -0.05) is 37.1 Å². The van der Waals surface area contributed by atoms with E-state index in [0.717, 1.165) is 24.0 Å². The highest BCUT2D eigenvalue weighted by Crippen LogP contribution is 2.61. The standard InChI is InChI=1S/C20H28O2/c1-13-6-8-17-18(20(17,4)5)12-15(3)19(22)9-7-14(2)11-16(21)10-13/h7,10,12,17-18H,6,8-9,11H2,1-5H3/b13-10+,14-7+,15-12+/t17-,18-/m1/s1. The number of hydrogen-bond acceptors (Lipinski definition) is 2. The van der Waals surface area contributed by atoms with Crippen LogP contribution in [0.15, 0.2) is 34.9 Å². The van der Waals surface area contributed by atoms with Crippen LogP contribution in [0.1, 0.15) is 60.3 Å². The van der Waals surface area contributed by atoms with E-state index in [1.807, 2.05) is 19.9 Å². The minimum absolute atomic E-state index is 0.148. The quantitative estimate of drug-likeness (QED) is 0.602. The normalized spacial score (nSPS) is 36.9. The highest BCUT2D eigenvalue weighted by molar-refractivity contribution is 5.96. The SMILES string of the molecule is C/C1=C\C(=O)C/C(C)=C/CC(=O)/C(C)=C/[C@@H]2[C@@H](CC1)C2(C)C. The van der Waals surface area contributed by atoms with E-state index in [-0.39, 0.29) is 17.0 Å². The summed E-state index contributed by atoms with van der Waals surface area (Å²) in [5.41, 5.74) is 3.31. The topological polar surface area (TPSA) is 34.1 Å². The molecule has 0 aromatic rings. The largest absolute Gasteiger partial charge is 0.295 e. The van der Waals surface area contributed by atoms with Crippen molar-refractivity contribution in [2.45, 2.75) is 60.3 Å². The van der Waals surface area contributed by atoms with Gasteiger partial charge < -0.3 is 0 Å². The van der Waals surface area contributed by atoms with E-state index >= 15 is 0 Å². The highest BCUT2D eigenvalue weighted by Gasteiger charge is 2.55. The summed E-state index contributed by atoms with van der Waals surface area (Å²) < 4.78 is 0. The summed E-state index contributed by atoms with van der Waals surface area (Å²) in [6.07, 6.45) is 8.78. The van der Waals surface area contributed by atoms with Crippen LogP contribution < -0.4 is 0 Å². The Morgan fingerprint density at radius 1 is 1.09 bits per heavy atom. The summed E-state index contributed by atoms with van der Waals surface area (Å²) >= 11 is 0. The minimum atomic E-state index is 0.148. The fourth-order valence-electron chi connectivity index (χ4n) is 3.59. The van der Waals surface area contributed by atoms with Crippen molar-refractivity contribution in [3.05, 3.63) is 34.9 Å². The molecule has 2 rings (SSSR count). The second kappa shape index (κ2) is 6.36. The molecule has 0 aliphatic heterocycles. The summed E-state index contributed by atoms with van der Waals surface area (Å²) in [6, 6.07) is 0. The molecule has 0 N–H and O–H groups in total. The predicted octanol–water partition coefficient (Wildman–Crippen LogP) is 4.81. The molecule has 0 aromatic heterocycles. The van der Waals surface area contributed by atoms with Crippen molar-refractivity contribution in [2.75, 3.05) is 0 Å². The highest BCUT2D eigenvalue weighted by atomic mass is 16.1. The lowest BCUT2D eigenvalue weighted by Crippen LogP contribution is -2.01. The van der Waals surface area contributed by atoms with Crippen molar-refractivity contribution in [3.8, 4) is 0 Å². The Labute approximate surface area is 134 Å². The molecule has 1 fully saturated rings. The van der Waals surface area contributed by atoms with Gasteiger partial charge in [-0.25, -0.2) is 0 Å². The summed E-state index contributed by atoms with van der Waals surface area (Å²) in [4.78, 5) is 24.3. The van der Waals surface area contributed by atoms with Crippen LogP contribution in [0.3, 0.4) is 0 Å². The average Bonchev–Trinajstić information content (AvgIpc) is 2.92. The molecule has 0 heterocycles. The Morgan fingerprint density at radius 3 is 2.45 bits per heavy atom. The van der Waals surface area contributed by atoms with Crippen LogP contribution in [-0.4, -0.2) is 11.6 Å². The van der Waals surface area contributed by atoms with Gasteiger partial charge in [0.1, 0.15) is 0 Å². The maximum Gasteiger partial charge on any atom is 0.162 e. The zero-order valence-electron chi connectivity index (χ0n) is 14.5. The van der Waals surface area contributed by atoms with Crippen LogP contribution in [0, 0.1) is 17.3 Å². The lowest BCUT2D eigenvalue weighted by Gasteiger charge is -2.04. The van der Waals surface area contributed by atoms with E-state index in [0.29, 0.717) is 24.7 Å². The summed E-state index contributed by atoms with van der Waals surface area (Å²) in [5.74, 6) is 1.44.